The van der Waals surface area contributed by atoms with Crippen molar-refractivity contribution in [1.29, 1.82) is 0 Å². The van der Waals surface area contributed by atoms with Crippen LogP contribution < -0.4 is 5.32 Å². The molecule has 1 unspecified atom stereocenters. The van der Waals surface area contributed by atoms with Crippen molar-refractivity contribution in [3.63, 3.8) is 0 Å². The molecule has 0 spiro atoms. The first-order valence-corrected chi connectivity index (χ1v) is 8.86. The monoisotopic (exact) mass is 307 g/mol. The zero-order chi connectivity index (χ0) is 15.0. The number of aliphatic hydroxyl groups is 1. The van der Waals surface area contributed by atoms with Gasteiger partial charge in [-0.2, -0.15) is 0 Å². The van der Waals surface area contributed by atoms with Crippen LogP contribution in [-0.2, 0) is 0 Å². The Morgan fingerprint density at radius 2 is 1.76 bits per heavy atom. The Hall–Kier alpha value is -0.650. The Labute approximate surface area is 131 Å². The topological polar surface area (TPSA) is 58.0 Å². The van der Waals surface area contributed by atoms with Crippen LogP contribution in [0.15, 0.2) is 5.16 Å². The molecule has 21 heavy (non-hydrogen) atoms. The standard InChI is InChI=1S/C16H25N3OS/c1-10-11(2)17-15(18-12(10)3)21-9-16(8-20,13-4-5-13)19-14-6-7-14/h13-14,19-20H,4-9H2,1-3H3. The predicted molar refractivity (Wildman–Crippen MR) is 85.7 cm³/mol. The van der Waals surface area contributed by atoms with Crippen LogP contribution in [0.2, 0.25) is 0 Å². The number of hydrogen-bond donors (Lipinski definition) is 2. The highest BCUT2D eigenvalue weighted by Gasteiger charge is 2.47. The molecule has 0 aromatic carbocycles. The van der Waals surface area contributed by atoms with Crippen LogP contribution in [0.25, 0.3) is 0 Å². The maximum absolute atomic E-state index is 9.98. The molecule has 2 aliphatic carbocycles. The summed E-state index contributed by atoms with van der Waals surface area (Å²) in [6, 6.07) is 0.612. The van der Waals surface area contributed by atoms with Gasteiger partial charge >= 0.3 is 0 Å². The van der Waals surface area contributed by atoms with Crippen LogP contribution in [0.4, 0.5) is 0 Å². The molecule has 4 nitrogen and oxygen atoms in total. The first kappa shape index (κ1) is 15.3. The van der Waals surface area contributed by atoms with Crippen LogP contribution in [0.1, 0.15) is 42.6 Å². The highest BCUT2D eigenvalue weighted by molar-refractivity contribution is 7.99. The summed E-state index contributed by atoms with van der Waals surface area (Å²) in [5.74, 6) is 1.47. The highest BCUT2D eigenvalue weighted by Crippen LogP contribution is 2.43. The van der Waals surface area contributed by atoms with Gasteiger partial charge in [0, 0.05) is 23.2 Å². The van der Waals surface area contributed by atoms with Gasteiger partial charge in [-0.1, -0.05) is 11.8 Å². The minimum Gasteiger partial charge on any atom is -0.394 e. The summed E-state index contributed by atoms with van der Waals surface area (Å²) in [5.41, 5.74) is 3.15. The van der Waals surface area contributed by atoms with E-state index in [2.05, 4.69) is 22.2 Å². The third kappa shape index (κ3) is 3.41. The van der Waals surface area contributed by atoms with E-state index in [4.69, 9.17) is 0 Å². The van der Waals surface area contributed by atoms with E-state index in [-0.39, 0.29) is 12.1 Å². The van der Waals surface area contributed by atoms with Crippen molar-refractivity contribution >= 4 is 11.8 Å². The fourth-order valence-corrected chi connectivity index (χ4v) is 3.97. The zero-order valence-electron chi connectivity index (χ0n) is 13.1. The van der Waals surface area contributed by atoms with Gasteiger partial charge < -0.3 is 10.4 Å². The van der Waals surface area contributed by atoms with Crippen LogP contribution in [0.5, 0.6) is 0 Å². The van der Waals surface area contributed by atoms with Gasteiger partial charge in [0.15, 0.2) is 5.16 Å². The van der Waals surface area contributed by atoms with E-state index in [1.807, 2.05) is 13.8 Å². The molecule has 116 valence electrons. The summed E-state index contributed by atoms with van der Waals surface area (Å²) in [5, 5.41) is 14.5. The van der Waals surface area contributed by atoms with Gasteiger partial charge in [0.05, 0.1) is 12.1 Å². The van der Waals surface area contributed by atoms with Crippen molar-refractivity contribution in [2.75, 3.05) is 12.4 Å². The molecular formula is C16H25N3OS. The van der Waals surface area contributed by atoms with Crippen molar-refractivity contribution in [3.8, 4) is 0 Å². The third-order valence-electron chi connectivity index (χ3n) is 4.78. The Morgan fingerprint density at radius 1 is 1.14 bits per heavy atom. The lowest BCUT2D eigenvalue weighted by Gasteiger charge is -2.33. The van der Waals surface area contributed by atoms with Crippen molar-refractivity contribution in [1.82, 2.24) is 15.3 Å². The van der Waals surface area contributed by atoms with Crippen LogP contribution in [-0.4, -0.2) is 39.0 Å². The fraction of sp³-hybridized carbons (Fsp3) is 0.750. The number of thioether (sulfide) groups is 1. The Morgan fingerprint density at radius 3 is 2.24 bits per heavy atom. The largest absolute Gasteiger partial charge is 0.394 e. The predicted octanol–water partition coefficient (Wildman–Crippen LogP) is 2.39. The molecule has 1 aromatic heterocycles. The van der Waals surface area contributed by atoms with Gasteiger partial charge in [-0.3, -0.25) is 0 Å². The Bertz CT molecular complexity index is 505. The molecule has 1 heterocycles. The van der Waals surface area contributed by atoms with E-state index in [9.17, 15) is 5.11 Å². The number of aliphatic hydroxyl groups excluding tert-OH is 1. The second kappa shape index (κ2) is 5.86. The van der Waals surface area contributed by atoms with Gasteiger partial charge in [-0.25, -0.2) is 9.97 Å². The first-order valence-electron chi connectivity index (χ1n) is 7.87. The number of aromatic nitrogens is 2. The summed E-state index contributed by atoms with van der Waals surface area (Å²) < 4.78 is 0. The van der Waals surface area contributed by atoms with Gasteiger partial charge in [-0.05, 0) is 57.9 Å². The molecule has 1 aromatic rings. The lowest BCUT2D eigenvalue weighted by atomic mass is 9.96. The molecular weight excluding hydrogens is 282 g/mol. The van der Waals surface area contributed by atoms with E-state index in [1.165, 1.54) is 31.2 Å². The lowest BCUT2D eigenvalue weighted by Crippen LogP contribution is -2.53. The fourth-order valence-electron chi connectivity index (χ4n) is 2.77. The molecule has 0 saturated heterocycles. The smallest absolute Gasteiger partial charge is 0.188 e. The molecule has 5 heteroatoms. The van der Waals surface area contributed by atoms with Gasteiger partial charge in [-0.15, -0.1) is 0 Å². The maximum atomic E-state index is 9.98. The number of hydrogen-bond acceptors (Lipinski definition) is 5. The van der Waals surface area contributed by atoms with Gasteiger partial charge in [0.1, 0.15) is 0 Å². The van der Waals surface area contributed by atoms with Crippen molar-refractivity contribution in [2.45, 2.75) is 63.2 Å². The number of aryl methyl sites for hydroxylation is 2. The zero-order valence-corrected chi connectivity index (χ0v) is 14.0. The second-order valence-electron chi connectivity index (χ2n) is 6.60. The molecule has 3 rings (SSSR count). The molecule has 0 bridgehead atoms. The molecule has 0 radical (unpaired) electrons. The molecule has 2 saturated carbocycles. The van der Waals surface area contributed by atoms with Crippen molar-refractivity contribution < 1.29 is 5.11 Å². The van der Waals surface area contributed by atoms with Crippen LogP contribution in [0, 0.1) is 26.7 Å². The normalized spacial score (nSPS) is 21.3. The summed E-state index contributed by atoms with van der Waals surface area (Å²) in [6.45, 7) is 6.36. The number of rotatable bonds is 7. The minimum absolute atomic E-state index is 0.137. The average Bonchev–Trinajstić information content (AvgIpc) is 3.33. The Balaban J connectivity index is 1.71. The average molecular weight is 307 g/mol. The van der Waals surface area contributed by atoms with Crippen LogP contribution >= 0.6 is 11.8 Å². The number of nitrogens with zero attached hydrogens (tertiary/aromatic N) is 2. The molecule has 2 N–H and O–H groups in total. The van der Waals surface area contributed by atoms with Gasteiger partial charge in [0.2, 0.25) is 0 Å². The summed E-state index contributed by atoms with van der Waals surface area (Å²) >= 11 is 1.68. The second-order valence-corrected chi connectivity index (χ2v) is 7.54. The lowest BCUT2D eigenvalue weighted by molar-refractivity contribution is 0.157. The molecule has 0 amide bonds. The van der Waals surface area contributed by atoms with Crippen LogP contribution in [0.3, 0.4) is 0 Å². The third-order valence-corrected chi connectivity index (χ3v) is 5.88. The van der Waals surface area contributed by atoms with E-state index in [1.54, 1.807) is 11.8 Å². The Kier molecular flexibility index (Phi) is 4.26. The maximum Gasteiger partial charge on any atom is 0.188 e. The van der Waals surface area contributed by atoms with Crippen molar-refractivity contribution in [3.05, 3.63) is 17.0 Å². The van der Waals surface area contributed by atoms with E-state index in [0.717, 1.165) is 22.3 Å². The SMILES string of the molecule is Cc1nc(SCC(CO)(NC2CC2)C2CC2)nc(C)c1C. The van der Waals surface area contributed by atoms with Gasteiger partial charge in [0.25, 0.3) is 0 Å². The van der Waals surface area contributed by atoms with E-state index in [0.29, 0.717) is 12.0 Å². The minimum atomic E-state index is -0.137. The van der Waals surface area contributed by atoms with E-state index >= 15 is 0 Å². The highest BCUT2D eigenvalue weighted by atomic mass is 32.2. The number of nitrogens with one attached hydrogen (secondary N) is 1. The first-order chi connectivity index (χ1) is 10.0. The summed E-state index contributed by atoms with van der Waals surface area (Å²) in [7, 11) is 0. The summed E-state index contributed by atoms with van der Waals surface area (Å²) in [6.07, 6.45) is 4.96. The molecule has 0 aliphatic heterocycles. The van der Waals surface area contributed by atoms with E-state index < -0.39 is 0 Å². The summed E-state index contributed by atoms with van der Waals surface area (Å²) in [4.78, 5) is 9.18. The quantitative estimate of drug-likeness (QED) is 0.598. The molecule has 2 aliphatic rings. The molecule has 2 fully saturated rings. The molecule has 1 atom stereocenters. The van der Waals surface area contributed by atoms with Crippen molar-refractivity contribution in [2.24, 2.45) is 5.92 Å².